The standard InChI is InChI=1S/C37H61NO4/c1-11-23(2)22-38-30(40)24-20-34(7)27(33(5,6)29(24)39)14-15-36(9)28(34)13-12-25-26-21-32(3,4)16-18-37(26,31(41)42-10)19-17-35(25,36)8/h12,23-24,26-29,39H,11,13-22H2,1-10H3,(H,38,40)/t23?,24?,26?,27?,28?,29?,34-,35+,36+,37-/m0/s1. The van der Waals surface area contributed by atoms with E-state index in [1.54, 1.807) is 7.11 Å². The number of methoxy groups -OCH3 is 1. The minimum atomic E-state index is -0.637. The van der Waals surface area contributed by atoms with Gasteiger partial charge < -0.3 is 15.2 Å². The Bertz CT molecular complexity index is 1120. The Kier molecular flexibility index (Phi) is 7.89. The van der Waals surface area contributed by atoms with E-state index < -0.39 is 11.5 Å². The highest BCUT2D eigenvalue weighted by molar-refractivity contribution is 5.80. The Morgan fingerprint density at radius 3 is 2.31 bits per heavy atom. The first-order chi connectivity index (χ1) is 19.4. The van der Waals surface area contributed by atoms with Crippen LogP contribution < -0.4 is 5.32 Å². The third-order valence-electron chi connectivity index (χ3n) is 14.9. The molecule has 6 unspecified atom stereocenters. The lowest BCUT2D eigenvalue weighted by atomic mass is 9.33. The highest BCUT2D eigenvalue weighted by Gasteiger charge is 2.70. The van der Waals surface area contributed by atoms with Crippen LogP contribution in [0.25, 0.3) is 0 Å². The van der Waals surface area contributed by atoms with Crippen molar-refractivity contribution in [3.8, 4) is 0 Å². The number of fused-ring (bicyclic) bond motifs is 7. The van der Waals surface area contributed by atoms with Crippen molar-refractivity contribution in [2.75, 3.05) is 13.7 Å². The van der Waals surface area contributed by atoms with Gasteiger partial charge in [-0.3, -0.25) is 9.59 Å². The number of carbonyl (C=O) groups excluding carboxylic acids is 2. The van der Waals surface area contributed by atoms with Crippen molar-refractivity contribution >= 4 is 11.9 Å². The molecule has 0 bridgehead atoms. The first-order valence-corrected chi connectivity index (χ1v) is 17.2. The number of esters is 1. The molecule has 238 valence electrons. The fraction of sp³-hybridized carbons (Fsp3) is 0.892. The van der Waals surface area contributed by atoms with Gasteiger partial charge in [0.2, 0.25) is 5.91 Å². The minimum absolute atomic E-state index is 0.00293. The molecule has 0 heterocycles. The molecular weight excluding hydrogens is 522 g/mol. The average Bonchev–Trinajstić information content (AvgIpc) is 2.93. The molecule has 5 heteroatoms. The van der Waals surface area contributed by atoms with Crippen LogP contribution in [0.5, 0.6) is 0 Å². The van der Waals surface area contributed by atoms with E-state index in [-0.39, 0.29) is 50.8 Å². The number of hydrogen-bond donors (Lipinski definition) is 2. The molecule has 5 aliphatic carbocycles. The van der Waals surface area contributed by atoms with Crippen molar-refractivity contribution < 1.29 is 19.4 Å². The van der Waals surface area contributed by atoms with Gasteiger partial charge in [0.05, 0.1) is 24.5 Å². The molecule has 0 spiro atoms. The van der Waals surface area contributed by atoms with E-state index in [2.05, 4.69) is 73.7 Å². The van der Waals surface area contributed by atoms with Crippen LogP contribution in [0.2, 0.25) is 0 Å². The zero-order chi connectivity index (χ0) is 31.1. The van der Waals surface area contributed by atoms with Crippen LogP contribution in [0.4, 0.5) is 0 Å². The van der Waals surface area contributed by atoms with E-state index in [1.807, 2.05) is 0 Å². The second-order valence-corrected chi connectivity index (χ2v) is 17.7. The Balaban J connectivity index is 1.54. The fourth-order valence-electron chi connectivity index (χ4n) is 11.8. The van der Waals surface area contributed by atoms with Crippen molar-refractivity contribution in [2.24, 2.45) is 62.1 Å². The van der Waals surface area contributed by atoms with Gasteiger partial charge in [0, 0.05) is 6.54 Å². The van der Waals surface area contributed by atoms with Gasteiger partial charge in [-0.2, -0.15) is 0 Å². The predicted molar refractivity (Wildman–Crippen MR) is 168 cm³/mol. The van der Waals surface area contributed by atoms with Gasteiger partial charge in [-0.25, -0.2) is 0 Å². The normalized spacial score (nSPS) is 46.1. The second-order valence-electron chi connectivity index (χ2n) is 17.7. The molecule has 0 aromatic heterocycles. The van der Waals surface area contributed by atoms with Crippen molar-refractivity contribution in [3.05, 3.63) is 11.6 Å². The third kappa shape index (κ3) is 4.39. The van der Waals surface area contributed by atoms with E-state index in [0.717, 1.165) is 64.2 Å². The Morgan fingerprint density at radius 2 is 1.67 bits per heavy atom. The molecule has 0 saturated heterocycles. The maximum atomic E-state index is 13.7. The summed E-state index contributed by atoms with van der Waals surface area (Å²) in [6, 6.07) is 0. The zero-order valence-corrected chi connectivity index (χ0v) is 28.5. The van der Waals surface area contributed by atoms with Crippen LogP contribution in [0, 0.1) is 62.1 Å². The first kappa shape index (κ1) is 32.0. The van der Waals surface area contributed by atoms with E-state index in [9.17, 15) is 14.7 Å². The van der Waals surface area contributed by atoms with Crippen LogP contribution in [0.1, 0.15) is 127 Å². The van der Waals surface area contributed by atoms with E-state index in [4.69, 9.17) is 4.74 Å². The number of nitrogens with one attached hydrogen (secondary N) is 1. The lowest BCUT2D eigenvalue weighted by Gasteiger charge is -2.71. The van der Waals surface area contributed by atoms with E-state index in [1.165, 1.54) is 5.57 Å². The van der Waals surface area contributed by atoms with Crippen LogP contribution in [0.15, 0.2) is 11.6 Å². The Morgan fingerprint density at radius 1 is 1.00 bits per heavy atom. The number of aliphatic hydroxyl groups is 1. The summed E-state index contributed by atoms with van der Waals surface area (Å²) in [4.78, 5) is 27.2. The molecule has 0 aromatic rings. The minimum Gasteiger partial charge on any atom is -0.469 e. The molecule has 5 aliphatic rings. The number of hydrogen-bond acceptors (Lipinski definition) is 4. The summed E-state index contributed by atoms with van der Waals surface area (Å²) in [7, 11) is 1.57. The summed E-state index contributed by atoms with van der Waals surface area (Å²) in [6.45, 7) is 21.7. The lowest BCUT2D eigenvalue weighted by Crippen LogP contribution is -2.67. The predicted octanol–water partition coefficient (Wildman–Crippen LogP) is 7.71. The maximum absolute atomic E-state index is 13.7. The average molecular weight is 584 g/mol. The summed E-state index contributed by atoms with van der Waals surface area (Å²) in [5.41, 5.74) is 1.04. The summed E-state index contributed by atoms with van der Waals surface area (Å²) < 4.78 is 5.53. The molecular formula is C37H61NO4. The van der Waals surface area contributed by atoms with Gasteiger partial charge in [0.25, 0.3) is 0 Å². The zero-order valence-electron chi connectivity index (χ0n) is 28.5. The number of carbonyl (C=O) groups is 2. The van der Waals surface area contributed by atoms with Crippen LogP contribution in [-0.4, -0.2) is 36.7 Å². The van der Waals surface area contributed by atoms with Crippen LogP contribution in [0.3, 0.4) is 0 Å². The summed E-state index contributed by atoms with van der Waals surface area (Å²) in [5.74, 6) is 1.11. The highest BCUT2D eigenvalue weighted by atomic mass is 16.5. The number of ether oxygens (including phenoxy) is 1. The molecule has 42 heavy (non-hydrogen) atoms. The maximum Gasteiger partial charge on any atom is 0.312 e. The molecule has 5 rings (SSSR count). The van der Waals surface area contributed by atoms with E-state index in [0.29, 0.717) is 24.3 Å². The molecule has 2 N–H and O–H groups in total. The van der Waals surface area contributed by atoms with Gasteiger partial charge in [-0.05, 0) is 109 Å². The van der Waals surface area contributed by atoms with Crippen molar-refractivity contribution in [2.45, 2.75) is 133 Å². The topological polar surface area (TPSA) is 75.6 Å². The summed E-state index contributed by atoms with van der Waals surface area (Å²) in [6.07, 6.45) is 11.9. The fourth-order valence-corrected chi connectivity index (χ4v) is 11.8. The third-order valence-corrected chi connectivity index (χ3v) is 14.9. The number of aliphatic hydroxyl groups excluding tert-OH is 1. The molecule has 1 amide bonds. The van der Waals surface area contributed by atoms with Crippen LogP contribution in [-0.2, 0) is 14.3 Å². The number of rotatable bonds is 5. The van der Waals surface area contributed by atoms with E-state index >= 15 is 0 Å². The lowest BCUT2D eigenvalue weighted by molar-refractivity contribution is -0.220. The molecule has 4 fully saturated rings. The molecule has 4 saturated carbocycles. The van der Waals surface area contributed by atoms with Gasteiger partial charge in [-0.1, -0.05) is 80.4 Å². The number of allylic oxidation sites excluding steroid dienone is 2. The highest BCUT2D eigenvalue weighted by Crippen LogP contribution is 2.76. The van der Waals surface area contributed by atoms with Crippen molar-refractivity contribution in [1.29, 1.82) is 0 Å². The van der Waals surface area contributed by atoms with Gasteiger partial charge in [-0.15, -0.1) is 0 Å². The SMILES string of the molecule is CCC(C)CNC(=O)C1C[C@@]2(C)C(CC[C@]3(C)C2CC=C2C4CC(C)(C)CC[C@]4(C(=O)OC)CC[C@]23C)C(C)(C)C1O. The molecule has 0 aromatic carbocycles. The second kappa shape index (κ2) is 10.3. The summed E-state index contributed by atoms with van der Waals surface area (Å²) >= 11 is 0. The molecule has 0 radical (unpaired) electrons. The molecule has 0 aliphatic heterocycles. The Labute approximate surface area is 256 Å². The first-order valence-electron chi connectivity index (χ1n) is 17.2. The smallest absolute Gasteiger partial charge is 0.312 e. The quantitative estimate of drug-likeness (QED) is 0.257. The monoisotopic (exact) mass is 583 g/mol. The largest absolute Gasteiger partial charge is 0.469 e. The van der Waals surface area contributed by atoms with Crippen molar-refractivity contribution in [3.63, 3.8) is 0 Å². The van der Waals surface area contributed by atoms with Crippen LogP contribution >= 0.6 is 0 Å². The van der Waals surface area contributed by atoms with Crippen molar-refractivity contribution in [1.82, 2.24) is 5.32 Å². The van der Waals surface area contributed by atoms with Gasteiger partial charge >= 0.3 is 5.97 Å². The number of amides is 1. The van der Waals surface area contributed by atoms with Gasteiger partial charge in [0.1, 0.15) is 0 Å². The summed E-state index contributed by atoms with van der Waals surface area (Å²) in [5, 5.41) is 14.9. The Hall–Kier alpha value is -1.36. The molecule has 5 nitrogen and oxygen atoms in total. The molecule has 10 atom stereocenters. The van der Waals surface area contributed by atoms with Gasteiger partial charge in [0.15, 0.2) is 0 Å².